The molecule has 3 rings (SSSR count). The number of aromatic nitrogens is 3. The molecular weight excluding hydrogens is 316 g/mol. The van der Waals surface area contributed by atoms with Crippen molar-refractivity contribution in [3.8, 4) is 0 Å². The Labute approximate surface area is 147 Å². The Balaban J connectivity index is 1.53. The van der Waals surface area contributed by atoms with Gasteiger partial charge >= 0.3 is 0 Å². The fourth-order valence-electron chi connectivity index (χ4n) is 3.40. The van der Waals surface area contributed by atoms with Crippen molar-refractivity contribution in [2.45, 2.75) is 57.5 Å². The molecule has 1 saturated carbocycles. The van der Waals surface area contributed by atoms with Gasteiger partial charge in [0.25, 0.3) is 0 Å². The predicted molar refractivity (Wildman–Crippen MR) is 94.1 cm³/mol. The maximum Gasteiger partial charge on any atom is 0.221 e. The molecule has 1 fully saturated rings. The van der Waals surface area contributed by atoms with Crippen LogP contribution in [-0.2, 0) is 4.79 Å². The van der Waals surface area contributed by atoms with E-state index >= 15 is 0 Å². The molecule has 2 aromatic rings. The van der Waals surface area contributed by atoms with Crippen molar-refractivity contribution < 1.29 is 9.59 Å². The van der Waals surface area contributed by atoms with Crippen LogP contribution < -0.4 is 5.32 Å². The maximum atomic E-state index is 12.2. The monoisotopic (exact) mass is 340 g/mol. The highest BCUT2D eigenvalue weighted by molar-refractivity contribution is 5.97. The van der Waals surface area contributed by atoms with Gasteiger partial charge < -0.3 is 9.88 Å². The number of hydrogen-bond acceptors (Lipinski definition) is 4. The molecule has 1 aromatic heterocycles. The normalized spacial score (nSPS) is 15.9. The Morgan fingerprint density at radius 3 is 2.64 bits per heavy atom. The largest absolute Gasteiger partial charge is 0.346 e. The second-order valence-corrected chi connectivity index (χ2v) is 6.61. The van der Waals surface area contributed by atoms with Crippen molar-refractivity contribution in [3.05, 3.63) is 48.0 Å². The van der Waals surface area contributed by atoms with Crippen molar-refractivity contribution in [3.63, 3.8) is 0 Å². The Bertz CT molecular complexity index is 720. The molecule has 1 aliphatic carbocycles. The third-order valence-corrected chi connectivity index (χ3v) is 4.76. The molecule has 0 radical (unpaired) electrons. The summed E-state index contributed by atoms with van der Waals surface area (Å²) >= 11 is 0. The Hall–Kier alpha value is -2.50. The van der Waals surface area contributed by atoms with Gasteiger partial charge in [-0.3, -0.25) is 9.59 Å². The van der Waals surface area contributed by atoms with Gasteiger partial charge in [0, 0.05) is 24.4 Å². The van der Waals surface area contributed by atoms with E-state index in [0.717, 1.165) is 18.7 Å². The minimum atomic E-state index is -0.220. The quantitative estimate of drug-likeness (QED) is 0.785. The molecule has 25 heavy (non-hydrogen) atoms. The van der Waals surface area contributed by atoms with E-state index in [1.54, 1.807) is 18.5 Å². The summed E-state index contributed by atoms with van der Waals surface area (Å²) in [4.78, 5) is 24.3. The SMILES string of the molecule is C[C@@H](NC(=O)CCC(=O)c1ccccc1)c1nncn1C1CCCC1. The number of nitrogens with zero attached hydrogens (tertiary/aromatic N) is 3. The lowest BCUT2D eigenvalue weighted by Crippen LogP contribution is -2.29. The molecule has 1 N–H and O–H groups in total. The molecular formula is C19H24N4O2. The van der Waals surface area contributed by atoms with Crippen molar-refractivity contribution >= 4 is 11.7 Å². The van der Waals surface area contributed by atoms with Crippen LogP contribution >= 0.6 is 0 Å². The first-order chi connectivity index (χ1) is 12.1. The van der Waals surface area contributed by atoms with Gasteiger partial charge in [0.1, 0.15) is 6.33 Å². The first kappa shape index (κ1) is 17.3. The van der Waals surface area contributed by atoms with Crippen molar-refractivity contribution in [1.82, 2.24) is 20.1 Å². The zero-order chi connectivity index (χ0) is 17.6. The van der Waals surface area contributed by atoms with Crippen LogP contribution in [0, 0.1) is 0 Å². The van der Waals surface area contributed by atoms with E-state index in [-0.39, 0.29) is 30.6 Å². The molecule has 1 heterocycles. The van der Waals surface area contributed by atoms with Crippen LogP contribution in [0.25, 0.3) is 0 Å². The number of ketones is 1. The molecule has 0 saturated heterocycles. The minimum absolute atomic E-state index is 0.0162. The molecule has 132 valence electrons. The van der Waals surface area contributed by atoms with Crippen LogP contribution in [-0.4, -0.2) is 26.5 Å². The molecule has 6 nitrogen and oxygen atoms in total. The fourth-order valence-corrected chi connectivity index (χ4v) is 3.40. The summed E-state index contributed by atoms with van der Waals surface area (Å²) in [6, 6.07) is 9.27. The smallest absolute Gasteiger partial charge is 0.221 e. The minimum Gasteiger partial charge on any atom is -0.346 e. The van der Waals surface area contributed by atoms with E-state index in [0.29, 0.717) is 11.6 Å². The summed E-state index contributed by atoms with van der Waals surface area (Å²) in [6.07, 6.45) is 6.87. The Kier molecular flexibility index (Phi) is 5.58. The number of carbonyl (C=O) groups excluding carboxylic acids is 2. The van der Waals surface area contributed by atoms with Gasteiger partial charge in [0.2, 0.25) is 5.91 Å². The number of amides is 1. The lowest BCUT2D eigenvalue weighted by molar-refractivity contribution is -0.121. The molecule has 1 aromatic carbocycles. The number of carbonyl (C=O) groups is 2. The van der Waals surface area contributed by atoms with Crippen molar-refractivity contribution in [2.75, 3.05) is 0 Å². The first-order valence-electron chi connectivity index (χ1n) is 8.92. The van der Waals surface area contributed by atoms with E-state index < -0.39 is 0 Å². The van der Waals surface area contributed by atoms with E-state index in [4.69, 9.17) is 0 Å². The van der Waals surface area contributed by atoms with Crippen LogP contribution in [0.15, 0.2) is 36.7 Å². The molecule has 0 aliphatic heterocycles. The van der Waals surface area contributed by atoms with Crippen LogP contribution in [0.4, 0.5) is 0 Å². The summed E-state index contributed by atoms with van der Waals surface area (Å²) in [7, 11) is 0. The average Bonchev–Trinajstić information content (AvgIpc) is 3.31. The number of rotatable bonds is 7. The predicted octanol–water partition coefficient (Wildman–Crippen LogP) is 3.23. The molecule has 1 amide bonds. The highest BCUT2D eigenvalue weighted by Gasteiger charge is 2.23. The number of benzene rings is 1. The van der Waals surface area contributed by atoms with Gasteiger partial charge in [0.15, 0.2) is 11.6 Å². The molecule has 1 aliphatic rings. The van der Waals surface area contributed by atoms with Crippen LogP contribution in [0.2, 0.25) is 0 Å². The Morgan fingerprint density at radius 1 is 1.20 bits per heavy atom. The summed E-state index contributed by atoms with van der Waals surface area (Å²) < 4.78 is 2.09. The van der Waals surface area contributed by atoms with Gasteiger partial charge in [-0.15, -0.1) is 10.2 Å². The van der Waals surface area contributed by atoms with Gasteiger partial charge in [-0.05, 0) is 19.8 Å². The third kappa shape index (κ3) is 4.32. The standard InChI is InChI=1S/C19H24N4O2/c1-14(19-22-20-13-23(19)16-9-5-6-10-16)21-18(25)12-11-17(24)15-7-3-2-4-8-15/h2-4,7-8,13-14,16H,5-6,9-12H2,1H3,(H,21,25)/t14-/m1/s1. The summed E-state index contributed by atoms with van der Waals surface area (Å²) in [5, 5.41) is 11.1. The maximum absolute atomic E-state index is 12.2. The lowest BCUT2D eigenvalue weighted by Gasteiger charge is -2.18. The first-order valence-corrected chi connectivity index (χ1v) is 8.92. The molecule has 0 bridgehead atoms. The van der Waals surface area contributed by atoms with Gasteiger partial charge in [-0.25, -0.2) is 0 Å². The third-order valence-electron chi connectivity index (χ3n) is 4.76. The summed E-state index contributed by atoms with van der Waals surface area (Å²) in [5.41, 5.74) is 0.643. The second kappa shape index (κ2) is 8.05. The average molecular weight is 340 g/mol. The Morgan fingerprint density at radius 2 is 1.92 bits per heavy atom. The van der Waals surface area contributed by atoms with E-state index in [1.807, 2.05) is 25.1 Å². The van der Waals surface area contributed by atoms with Crippen molar-refractivity contribution in [2.24, 2.45) is 0 Å². The molecule has 6 heteroatoms. The van der Waals surface area contributed by atoms with Crippen LogP contribution in [0.3, 0.4) is 0 Å². The second-order valence-electron chi connectivity index (χ2n) is 6.61. The van der Waals surface area contributed by atoms with E-state index in [1.165, 1.54) is 12.8 Å². The van der Waals surface area contributed by atoms with E-state index in [9.17, 15) is 9.59 Å². The van der Waals surface area contributed by atoms with Gasteiger partial charge in [-0.2, -0.15) is 0 Å². The zero-order valence-electron chi connectivity index (χ0n) is 14.5. The molecule has 1 atom stereocenters. The molecule has 0 spiro atoms. The molecule has 0 unspecified atom stereocenters. The zero-order valence-corrected chi connectivity index (χ0v) is 14.5. The highest BCUT2D eigenvalue weighted by atomic mass is 16.2. The highest BCUT2D eigenvalue weighted by Crippen LogP contribution is 2.31. The fraction of sp³-hybridized carbons (Fsp3) is 0.474. The van der Waals surface area contributed by atoms with Crippen LogP contribution in [0.1, 0.15) is 73.7 Å². The van der Waals surface area contributed by atoms with Gasteiger partial charge in [0.05, 0.1) is 6.04 Å². The number of hydrogen-bond donors (Lipinski definition) is 1. The lowest BCUT2D eigenvalue weighted by atomic mass is 10.1. The number of Topliss-reactive ketones (excluding diaryl/α,β-unsaturated/α-hetero) is 1. The topological polar surface area (TPSA) is 76.9 Å². The van der Waals surface area contributed by atoms with Gasteiger partial charge in [-0.1, -0.05) is 43.2 Å². The van der Waals surface area contributed by atoms with Crippen molar-refractivity contribution in [1.29, 1.82) is 0 Å². The van der Waals surface area contributed by atoms with E-state index in [2.05, 4.69) is 20.1 Å². The summed E-state index contributed by atoms with van der Waals surface area (Å²) in [5.74, 6) is 0.630. The summed E-state index contributed by atoms with van der Waals surface area (Å²) in [6.45, 7) is 1.91. The number of nitrogens with one attached hydrogen (secondary N) is 1. The van der Waals surface area contributed by atoms with Crippen LogP contribution in [0.5, 0.6) is 0 Å².